The number of aryl methyl sites for hydroxylation is 2. The van der Waals surface area contributed by atoms with Crippen LogP contribution in [-0.2, 0) is 11.2 Å². The van der Waals surface area contributed by atoms with Crippen molar-refractivity contribution in [2.75, 3.05) is 6.61 Å². The molecule has 0 aliphatic heterocycles. The van der Waals surface area contributed by atoms with Crippen molar-refractivity contribution in [3.63, 3.8) is 0 Å². The predicted molar refractivity (Wildman–Crippen MR) is 110 cm³/mol. The van der Waals surface area contributed by atoms with Gasteiger partial charge in [-0.15, -0.1) is 0 Å². The minimum atomic E-state index is -0.290. The van der Waals surface area contributed by atoms with Crippen LogP contribution in [-0.4, -0.2) is 18.7 Å². The molecule has 0 heterocycles. The molecule has 0 aliphatic rings. The first-order valence-electron chi connectivity index (χ1n) is 8.74. The Hall–Kier alpha value is -2.14. The van der Waals surface area contributed by atoms with Gasteiger partial charge in [-0.2, -0.15) is 5.10 Å². The summed E-state index contributed by atoms with van der Waals surface area (Å²) in [6.45, 7) is 8.22. The Kier molecular flexibility index (Phi) is 7.39. The van der Waals surface area contributed by atoms with Gasteiger partial charge in [-0.25, -0.2) is 5.43 Å². The van der Waals surface area contributed by atoms with E-state index < -0.39 is 0 Å². The summed E-state index contributed by atoms with van der Waals surface area (Å²) in [6, 6.07) is 12.1. The Morgan fingerprint density at radius 2 is 1.96 bits per heavy atom. The summed E-state index contributed by atoms with van der Waals surface area (Å²) >= 11 is 3.54. The fourth-order valence-electron chi connectivity index (χ4n) is 2.44. The number of hydrazone groups is 1. The van der Waals surface area contributed by atoms with Crippen LogP contribution in [0.25, 0.3) is 0 Å². The van der Waals surface area contributed by atoms with Gasteiger partial charge in [0.05, 0.1) is 6.21 Å². The van der Waals surface area contributed by atoms with Crippen molar-refractivity contribution in [2.45, 2.75) is 40.0 Å². The second-order valence-corrected chi connectivity index (χ2v) is 7.33. The van der Waals surface area contributed by atoms with Gasteiger partial charge in [0.2, 0.25) is 0 Å². The number of amides is 1. The first kappa shape index (κ1) is 20.2. The van der Waals surface area contributed by atoms with Crippen LogP contribution >= 0.6 is 15.9 Å². The molecule has 0 bridgehead atoms. The molecule has 26 heavy (non-hydrogen) atoms. The van der Waals surface area contributed by atoms with Crippen LogP contribution in [0.2, 0.25) is 0 Å². The number of nitrogens with one attached hydrogen (secondary N) is 1. The number of hydrogen-bond donors (Lipinski definition) is 1. The maximum Gasteiger partial charge on any atom is 0.277 e. The molecule has 2 rings (SSSR count). The summed E-state index contributed by atoms with van der Waals surface area (Å²) in [5.41, 5.74) is 6.84. The van der Waals surface area contributed by atoms with Gasteiger partial charge in [0.1, 0.15) is 5.75 Å². The van der Waals surface area contributed by atoms with Gasteiger partial charge in [-0.05, 0) is 53.6 Å². The van der Waals surface area contributed by atoms with Gasteiger partial charge in [-0.3, -0.25) is 4.79 Å². The van der Waals surface area contributed by atoms with Gasteiger partial charge in [-0.1, -0.05) is 61.0 Å². The summed E-state index contributed by atoms with van der Waals surface area (Å²) < 4.78 is 6.76. The standard InChI is InChI=1S/C21H25BrN2O2/c1-5-16-6-8-17(9-7-16)12-23-24-21(25)13-26-20-10-15(4)19(22)11-18(20)14(2)3/h6-12,14H,5,13H2,1-4H3,(H,24,25)/b23-12+. The van der Waals surface area contributed by atoms with Gasteiger partial charge < -0.3 is 4.74 Å². The van der Waals surface area contributed by atoms with E-state index in [1.54, 1.807) is 6.21 Å². The Morgan fingerprint density at radius 3 is 2.58 bits per heavy atom. The first-order valence-corrected chi connectivity index (χ1v) is 9.53. The van der Waals surface area contributed by atoms with Crippen molar-refractivity contribution in [2.24, 2.45) is 5.10 Å². The monoisotopic (exact) mass is 416 g/mol. The van der Waals surface area contributed by atoms with Crippen molar-refractivity contribution >= 4 is 28.1 Å². The lowest BCUT2D eigenvalue weighted by Crippen LogP contribution is -2.25. The number of benzene rings is 2. The van der Waals surface area contributed by atoms with Crippen LogP contribution in [0.4, 0.5) is 0 Å². The summed E-state index contributed by atoms with van der Waals surface area (Å²) in [6.07, 6.45) is 2.63. The Balaban J connectivity index is 1.92. The third kappa shape index (κ3) is 5.70. The molecule has 0 spiro atoms. The maximum atomic E-state index is 12.0. The van der Waals surface area contributed by atoms with E-state index >= 15 is 0 Å². The van der Waals surface area contributed by atoms with E-state index in [0.29, 0.717) is 5.92 Å². The normalized spacial score (nSPS) is 11.2. The first-order chi connectivity index (χ1) is 12.4. The molecule has 0 fully saturated rings. The lowest BCUT2D eigenvalue weighted by molar-refractivity contribution is -0.123. The lowest BCUT2D eigenvalue weighted by atomic mass is 10.0. The quantitative estimate of drug-likeness (QED) is 0.511. The summed E-state index contributed by atoms with van der Waals surface area (Å²) in [7, 11) is 0. The van der Waals surface area contributed by atoms with E-state index in [0.717, 1.165) is 33.3 Å². The molecular formula is C21H25BrN2O2. The third-order valence-corrected chi connectivity index (χ3v) is 4.92. The van der Waals surface area contributed by atoms with Crippen LogP contribution in [0, 0.1) is 6.92 Å². The molecule has 0 saturated heterocycles. The summed E-state index contributed by atoms with van der Waals surface area (Å²) in [5, 5.41) is 3.99. The van der Waals surface area contributed by atoms with Gasteiger partial charge >= 0.3 is 0 Å². The largest absolute Gasteiger partial charge is 0.483 e. The Morgan fingerprint density at radius 1 is 1.27 bits per heavy atom. The third-order valence-electron chi connectivity index (χ3n) is 4.06. The van der Waals surface area contributed by atoms with E-state index in [4.69, 9.17) is 4.74 Å². The Bertz CT molecular complexity index is 783. The Labute approximate surface area is 163 Å². The van der Waals surface area contributed by atoms with Crippen molar-refractivity contribution in [3.8, 4) is 5.75 Å². The average Bonchev–Trinajstić information content (AvgIpc) is 2.62. The second kappa shape index (κ2) is 9.53. The number of halogens is 1. The average molecular weight is 417 g/mol. The highest BCUT2D eigenvalue weighted by Crippen LogP contribution is 2.32. The van der Waals surface area contributed by atoms with E-state index in [-0.39, 0.29) is 12.5 Å². The van der Waals surface area contributed by atoms with Crippen molar-refractivity contribution in [3.05, 3.63) is 63.1 Å². The zero-order valence-corrected chi connectivity index (χ0v) is 17.3. The molecule has 0 saturated carbocycles. The van der Waals surface area contributed by atoms with Gasteiger partial charge in [0.15, 0.2) is 6.61 Å². The number of carbonyl (C=O) groups is 1. The minimum Gasteiger partial charge on any atom is -0.483 e. The molecule has 0 aromatic heterocycles. The summed E-state index contributed by atoms with van der Waals surface area (Å²) in [4.78, 5) is 12.0. The molecule has 138 valence electrons. The van der Waals surface area contributed by atoms with Crippen LogP contribution in [0.15, 0.2) is 46.0 Å². The van der Waals surface area contributed by atoms with Gasteiger partial charge in [0.25, 0.3) is 5.91 Å². The molecule has 1 amide bonds. The fourth-order valence-corrected chi connectivity index (χ4v) is 2.80. The molecule has 2 aromatic carbocycles. The molecule has 0 unspecified atom stereocenters. The van der Waals surface area contributed by atoms with Crippen LogP contribution < -0.4 is 10.2 Å². The highest BCUT2D eigenvalue weighted by Gasteiger charge is 2.12. The number of nitrogens with zero attached hydrogens (tertiary/aromatic N) is 1. The second-order valence-electron chi connectivity index (χ2n) is 6.47. The van der Waals surface area contributed by atoms with E-state index in [1.165, 1.54) is 5.56 Å². The van der Waals surface area contributed by atoms with E-state index in [9.17, 15) is 4.79 Å². The topological polar surface area (TPSA) is 50.7 Å². The molecule has 1 N–H and O–H groups in total. The van der Waals surface area contributed by atoms with Gasteiger partial charge in [0, 0.05) is 4.47 Å². The lowest BCUT2D eigenvalue weighted by Gasteiger charge is -2.15. The molecule has 4 nitrogen and oxygen atoms in total. The maximum absolute atomic E-state index is 12.0. The summed E-state index contributed by atoms with van der Waals surface area (Å²) in [5.74, 6) is 0.741. The predicted octanol–water partition coefficient (Wildman–Crippen LogP) is 4.97. The number of hydrogen-bond acceptors (Lipinski definition) is 3. The van der Waals surface area contributed by atoms with Crippen molar-refractivity contribution in [1.82, 2.24) is 5.43 Å². The molecular weight excluding hydrogens is 392 g/mol. The highest BCUT2D eigenvalue weighted by molar-refractivity contribution is 9.10. The van der Waals surface area contributed by atoms with E-state index in [1.807, 2.05) is 31.2 Å². The number of rotatable bonds is 7. The molecule has 0 aliphatic carbocycles. The van der Waals surface area contributed by atoms with Crippen LogP contribution in [0.3, 0.4) is 0 Å². The number of ether oxygens (including phenoxy) is 1. The van der Waals surface area contributed by atoms with E-state index in [2.05, 4.69) is 59.4 Å². The van der Waals surface area contributed by atoms with Crippen molar-refractivity contribution < 1.29 is 9.53 Å². The zero-order chi connectivity index (χ0) is 19.1. The number of carbonyl (C=O) groups excluding carboxylic acids is 1. The molecule has 5 heteroatoms. The highest BCUT2D eigenvalue weighted by atomic mass is 79.9. The molecule has 2 aromatic rings. The van der Waals surface area contributed by atoms with Crippen molar-refractivity contribution in [1.29, 1.82) is 0 Å². The van der Waals surface area contributed by atoms with Crippen LogP contribution in [0.5, 0.6) is 5.75 Å². The fraction of sp³-hybridized carbons (Fsp3) is 0.333. The smallest absolute Gasteiger partial charge is 0.277 e. The zero-order valence-electron chi connectivity index (χ0n) is 15.7. The SMILES string of the molecule is CCc1ccc(/C=N/NC(=O)COc2cc(C)c(Br)cc2C(C)C)cc1. The molecule has 0 radical (unpaired) electrons. The minimum absolute atomic E-state index is 0.0765. The van der Waals surface area contributed by atoms with Crippen LogP contribution in [0.1, 0.15) is 48.9 Å². The molecule has 0 atom stereocenters.